The van der Waals surface area contributed by atoms with Crippen LogP contribution in [0.25, 0.3) is 0 Å². The number of methoxy groups -OCH3 is 2. The molecule has 0 bridgehead atoms. The van der Waals surface area contributed by atoms with Crippen LogP contribution in [0.5, 0.6) is 23.0 Å². The molecule has 7 heteroatoms. The van der Waals surface area contributed by atoms with E-state index in [4.69, 9.17) is 9.47 Å². The van der Waals surface area contributed by atoms with Gasteiger partial charge in [-0.25, -0.2) is 0 Å². The largest absolute Gasteiger partial charge is 0.504 e. The average molecular weight is 404 g/mol. The Morgan fingerprint density at radius 2 is 1.10 bits per heavy atom. The molecule has 0 aromatic heterocycles. The van der Waals surface area contributed by atoms with E-state index in [0.29, 0.717) is 0 Å². The van der Waals surface area contributed by atoms with E-state index in [-0.39, 0.29) is 39.7 Å². The molecule has 3 rings (SSSR count). The second-order valence-electron chi connectivity index (χ2n) is 6.39. The molecule has 0 fully saturated rings. The molecule has 2 N–H and O–H groups in total. The van der Waals surface area contributed by atoms with Gasteiger partial charge in [-0.3, -0.25) is 0 Å². The predicted molar refractivity (Wildman–Crippen MR) is 102 cm³/mol. The summed E-state index contributed by atoms with van der Waals surface area (Å²) in [6.45, 7) is 0. The Balaban J connectivity index is 2.46. The van der Waals surface area contributed by atoms with Crippen LogP contribution in [0, 0.1) is 0 Å². The van der Waals surface area contributed by atoms with Crippen LogP contribution < -0.4 is 9.47 Å². The maximum absolute atomic E-state index is 14.9. The molecule has 0 aliphatic heterocycles. The number of hydrogen-bond donors (Lipinski definition) is 2. The number of alkyl halides is 3. The topological polar surface area (TPSA) is 58.9 Å². The standard InChI is InChI=1S/C22H19F3O4/c1-28-19-12-15(8-10-17(19)26)21(22(23,24)25,14-6-4-3-5-7-14)16-9-11-18(27)20(13-16)29-2/h3-13,26-27H,1-2H3. The van der Waals surface area contributed by atoms with Crippen molar-refractivity contribution in [3.05, 3.63) is 83.4 Å². The van der Waals surface area contributed by atoms with Gasteiger partial charge in [0.2, 0.25) is 0 Å². The first-order valence-electron chi connectivity index (χ1n) is 8.63. The van der Waals surface area contributed by atoms with Crippen molar-refractivity contribution < 1.29 is 32.9 Å². The lowest BCUT2D eigenvalue weighted by atomic mass is 9.68. The van der Waals surface area contributed by atoms with Gasteiger partial charge in [0, 0.05) is 0 Å². The summed E-state index contributed by atoms with van der Waals surface area (Å²) in [6, 6.07) is 14.5. The molecule has 0 unspecified atom stereocenters. The minimum Gasteiger partial charge on any atom is -0.504 e. The van der Waals surface area contributed by atoms with E-state index >= 15 is 0 Å². The van der Waals surface area contributed by atoms with Crippen LogP contribution in [-0.4, -0.2) is 30.6 Å². The number of phenols is 2. The highest BCUT2D eigenvalue weighted by Crippen LogP contribution is 2.53. The first kappa shape index (κ1) is 20.4. The summed E-state index contributed by atoms with van der Waals surface area (Å²) in [4.78, 5) is 0. The van der Waals surface area contributed by atoms with E-state index in [1.807, 2.05) is 0 Å². The Kier molecular flexibility index (Phi) is 5.33. The number of hydrogen-bond acceptors (Lipinski definition) is 4. The molecule has 3 aromatic rings. The summed E-state index contributed by atoms with van der Waals surface area (Å²) in [7, 11) is 2.53. The molecule has 152 valence electrons. The van der Waals surface area contributed by atoms with Gasteiger partial charge >= 0.3 is 6.18 Å². The van der Waals surface area contributed by atoms with Crippen molar-refractivity contribution in [3.63, 3.8) is 0 Å². The highest BCUT2D eigenvalue weighted by atomic mass is 19.4. The highest BCUT2D eigenvalue weighted by molar-refractivity contribution is 5.58. The van der Waals surface area contributed by atoms with E-state index in [1.165, 1.54) is 50.6 Å². The molecule has 0 saturated heterocycles. The fourth-order valence-electron chi connectivity index (χ4n) is 3.50. The molecule has 0 radical (unpaired) electrons. The van der Waals surface area contributed by atoms with Crippen LogP contribution in [0.4, 0.5) is 13.2 Å². The van der Waals surface area contributed by atoms with Gasteiger partial charge in [0.05, 0.1) is 14.2 Å². The fourth-order valence-corrected chi connectivity index (χ4v) is 3.50. The molecular formula is C22H19F3O4. The lowest BCUT2D eigenvalue weighted by Crippen LogP contribution is -2.44. The van der Waals surface area contributed by atoms with Crippen LogP contribution in [0.15, 0.2) is 66.7 Å². The average Bonchev–Trinajstić information content (AvgIpc) is 2.70. The van der Waals surface area contributed by atoms with E-state index in [1.54, 1.807) is 6.07 Å². The van der Waals surface area contributed by atoms with E-state index in [9.17, 15) is 23.4 Å². The summed E-state index contributed by atoms with van der Waals surface area (Å²) in [6.07, 6.45) is -4.78. The minimum atomic E-state index is -4.78. The van der Waals surface area contributed by atoms with Crippen molar-refractivity contribution in [2.45, 2.75) is 11.6 Å². The van der Waals surface area contributed by atoms with Crippen molar-refractivity contribution in [2.24, 2.45) is 0 Å². The molecule has 0 heterocycles. The quantitative estimate of drug-likeness (QED) is 0.587. The third kappa shape index (κ3) is 3.33. The van der Waals surface area contributed by atoms with Crippen molar-refractivity contribution >= 4 is 0 Å². The summed E-state index contributed by atoms with van der Waals surface area (Å²) < 4.78 is 54.8. The monoisotopic (exact) mass is 404 g/mol. The Morgan fingerprint density at radius 1 is 0.655 bits per heavy atom. The molecule has 0 atom stereocenters. The third-order valence-corrected chi connectivity index (χ3v) is 4.86. The smallest absolute Gasteiger partial charge is 0.406 e. The van der Waals surface area contributed by atoms with Crippen molar-refractivity contribution in [1.29, 1.82) is 0 Å². The summed E-state index contributed by atoms with van der Waals surface area (Å²) in [5, 5.41) is 19.8. The Labute approximate surface area is 165 Å². The van der Waals surface area contributed by atoms with Crippen LogP contribution >= 0.6 is 0 Å². The molecule has 4 nitrogen and oxygen atoms in total. The van der Waals surface area contributed by atoms with E-state index < -0.39 is 11.6 Å². The van der Waals surface area contributed by atoms with Crippen LogP contribution in [0.2, 0.25) is 0 Å². The summed E-state index contributed by atoms with van der Waals surface area (Å²) >= 11 is 0. The number of phenolic OH excluding ortho intramolecular Hbond substituents is 2. The molecule has 0 spiro atoms. The molecule has 0 saturated carbocycles. The zero-order chi connectivity index (χ0) is 21.2. The number of rotatable bonds is 5. The van der Waals surface area contributed by atoms with Gasteiger partial charge in [-0.05, 0) is 41.0 Å². The number of benzene rings is 3. The maximum Gasteiger partial charge on any atom is 0.406 e. The lowest BCUT2D eigenvalue weighted by molar-refractivity contribution is -0.166. The number of aromatic hydroxyl groups is 2. The third-order valence-electron chi connectivity index (χ3n) is 4.86. The Bertz CT molecular complexity index is 947. The molecule has 0 aliphatic rings. The highest BCUT2D eigenvalue weighted by Gasteiger charge is 2.58. The minimum absolute atomic E-state index is 0.0343. The summed E-state index contributed by atoms with van der Waals surface area (Å²) in [5.74, 6) is -0.719. The van der Waals surface area contributed by atoms with Crippen LogP contribution in [0.3, 0.4) is 0 Å². The zero-order valence-corrected chi connectivity index (χ0v) is 15.7. The van der Waals surface area contributed by atoms with Gasteiger partial charge < -0.3 is 19.7 Å². The molecule has 3 aromatic carbocycles. The van der Waals surface area contributed by atoms with E-state index in [0.717, 1.165) is 24.3 Å². The van der Waals surface area contributed by atoms with Crippen LogP contribution in [-0.2, 0) is 5.41 Å². The molecule has 0 aliphatic carbocycles. The summed E-state index contributed by atoms with van der Waals surface area (Å²) in [5.41, 5.74) is -2.94. The van der Waals surface area contributed by atoms with Gasteiger partial charge in [0.1, 0.15) is 5.41 Å². The number of ether oxygens (including phenoxy) is 2. The Morgan fingerprint density at radius 3 is 1.48 bits per heavy atom. The Hall–Kier alpha value is -3.35. The van der Waals surface area contributed by atoms with Crippen molar-refractivity contribution in [1.82, 2.24) is 0 Å². The fraction of sp³-hybridized carbons (Fsp3) is 0.182. The predicted octanol–water partition coefficient (Wildman–Crippen LogP) is 5.01. The maximum atomic E-state index is 14.9. The van der Waals surface area contributed by atoms with Crippen LogP contribution in [0.1, 0.15) is 16.7 Å². The first-order valence-corrected chi connectivity index (χ1v) is 8.63. The molecule has 29 heavy (non-hydrogen) atoms. The van der Waals surface area contributed by atoms with Gasteiger partial charge in [-0.15, -0.1) is 0 Å². The van der Waals surface area contributed by atoms with Crippen molar-refractivity contribution in [3.8, 4) is 23.0 Å². The molecule has 0 amide bonds. The van der Waals surface area contributed by atoms with Gasteiger partial charge in [0.15, 0.2) is 23.0 Å². The lowest BCUT2D eigenvalue weighted by Gasteiger charge is -2.38. The second kappa shape index (κ2) is 7.58. The van der Waals surface area contributed by atoms with Crippen molar-refractivity contribution in [2.75, 3.05) is 14.2 Å². The van der Waals surface area contributed by atoms with Gasteiger partial charge in [-0.2, -0.15) is 13.2 Å². The normalized spacial score (nSPS) is 11.9. The first-order chi connectivity index (χ1) is 13.8. The number of halogens is 3. The van der Waals surface area contributed by atoms with Gasteiger partial charge in [-0.1, -0.05) is 42.5 Å². The zero-order valence-electron chi connectivity index (χ0n) is 15.7. The molecular weight excluding hydrogens is 385 g/mol. The van der Waals surface area contributed by atoms with E-state index in [2.05, 4.69) is 0 Å². The SMILES string of the molecule is COc1cc(C(c2ccccc2)(c2ccc(O)c(OC)c2)C(F)(F)F)ccc1O. The second-order valence-corrected chi connectivity index (χ2v) is 6.39. The van der Waals surface area contributed by atoms with Gasteiger partial charge in [0.25, 0.3) is 0 Å².